The van der Waals surface area contributed by atoms with Crippen LogP contribution in [0.5, 0.6) is 0 Å². The summed E-state index contributed by atoms with van der Waals surface area (Å²) >= 11 is 3.46. The molecule has 1 atom stereocenters. The van der Waals surface area contributed by atoms with Crippen LogP contribution in [0, 0.1) is 0 Å². The molecule has 1 aromatic carbocycles. The number of aromatic nitrogens is 2. The number of halogens is 1. The Bertz CT molecular complexity index is 703. The van der Waals surface area contributed by atoms with Gasteiger partial charge in [-0.05, 0) is 42.3 Å². The van der Waals surface area contributed by atoms with Crippen LogP contribution in [-0.2, 0) is 6.54 Å². The van der Waals surface area contributed by atoms with Gasteiger partial charge in [-0.25, -0.2) is 4.98 Å². The van der Waals surface area contributed by atoms with Crippen molar-refractivity contribution in [2.75, 3.05) is 0 Å². The molecule has 0 spiro atoms. The number of H-pyrrole nitrogens is 1. The van der Waals surface area contributed by atoms with Crippen LogP contribution >= 0.6 is 15.9 Å². The average Bonchev–Trinajstić information content (AvgIpc) is 2.89. The predicted molar refractivity (Wildman–Crippen MR) is 85.5 cm³/mol. The smallest absolute Gasteiger partial charge is 0.137 e. The van der Waals surface area contributed by atoms with Gasteiger partial charge in [-0.15, -0.1) is 0 Å². The highest BCUT2D eigenvalue weighted by atomic mass is 79.9. The third-order valence-corrected chi connectivity index (χ3v) is 4.03. The SMILES string of the molecule is CC(NCc1c[nH]c2ncccc12)c1ccc(Br)cc1. The Morgan fingerprint density at radius 2 is 2.05 bits per heavy atom. The Morgan fingerprint density at radius 1 is 1.25 bits per heavy atom. The van der Waals surface area contributed by atoms with Gasteiger partial charge in [0.05, 0.1) is 0 Å². The number of nitrogens with one attached hydrogen (secondary N) is 2. The number of fused-ring (bicyclic) bond motifs is 1. The van der Waals surface area contributed by atoms with E-state index in [2.05, 4.69) is 68.5 Å². The van der Waals surface area contributed by atoms with E-state index in [9.17, 15) is 0 Å². The van der Waals surface area contributed by atoms with Gasteiger partial charge in [0.1, 0.15) is 5.65 Å². The van der Waals surface area contributed by atoms with Crippen molar-refractivity contribution in [3.63, 3.8) is 0 Å². The molecule has 0 radical (unpaired) electrons. The standard InChI is InChI=1S/C16H16BrN3/c1-11(12-4-6-14(17)7-5-12)19-9-13-10-20-16-15(13)3-2-8-18-16/h2-8,10-11,19H,9H2,1H3,(H,18,20). The van der Waals surface area contributed by atoms with Gasteiger partial charge >= 0.3 is 0 Å². The lowest BCUT2D eigenvalue weighted by Gasteiger charge is -2.14. The predicted octanol–water partition coefficient (Wildman–Crippen LogP) is 4.18. The van der Waals surface area contributed by atoms with Crippen LogP contribution in [0.25, 0.3) is 11.0 Å². The maximum atomic E-state index is 4.31. The van der Waals surface area contributed by atoms with Crippen LogP contribution in [0.15, 0.2) is 53.3 Å². The normalized spacial score (nSPS) is 12.7. The van der Waals surface area contributed by atoms with Crippen LogP contribution in [0.3, 0.4) is 0 Å². The molecule has 3 nitrogen and oxygen atoms in total. The highest BCUT2D eigenvalue weighted by molar-refractivity contribution is 9.10. The fourth-order valence-corrected chi connectivity index (χ4v) is 2.56. The number of aromatic amines is 1. The molecule has 3 aromatic rings. The summed E-state index contributed by atoms with van der Waals surface area (Å²) in [4.78, 5) is 7.51. The van der Waals surface area contributed by atoms with E-state index in [4.69, 9.17) is 0 Å². The van der Waals surface area contributed by atoms with Crippen molar-refractivity contribution >= 4 is 27.0 Å². The number of pyridine rings is 1. The lowest BCUT2D eigenvalue weighted by molar-refractivity contribution is 0.576. The molecular weight excluding hydrogens is 314 g/mol. The van der Waals surface area contributed by atoms with Gasteiger partial charge in [-0.1, -0.05) is 28.1 Å². The van der Waals surface area contributed by atoms with Crippen LogP contribution < -0.4 is 5.32 Å². The summed E-state index contributed by atoms with van der Waals surface area (Å²) in [6.45, 7) is 3.00. The largest absolute Gasteiger partial charge is 0.346 e. The van der Waals surface area contributed by atoms with Crippen molar-refractivity contribution in [3.8, 4) is 0 Å². The van der Waals surface area contributed by atoms with E-state index in [0.717, 1.165) is 16.7 Å². The van der Waals surface area contributed by atoms with E-state index < -0.39 is 0 Å². The van der Waals surface area contributed by atoms with Crippen LogP contribution in [0.1, 0.15) is 24.1 Å². The molecule has 0 fully saturated rings. The second-order valence-electron chi connectivity index (χ2n) is 4.87. The quantitative estimate of drug-likeness (QED) is 0.753. The van der Waals surface area contributed by atoms with Gasteiger partial charge in [0, 0.05) is 34.8 Å². The van der Waals surface area contributed by atoms with Gasteiger partial charge < -0.3 is 10.3 Å². The second kappa shape index (κ2) is 5.77. The number of rotatable bonds is 4. The first-order valence-electron chi connectivity index (χ1n) is 6.64. The maximum Gasteiger partial charge on any atom is 0.137 e. The van der Waals surface area contributed by atoms with Gasteiger partial charge in [0.2, 0.25) is 0 Å². The van der Waals surface area contributed by atoms with Crippen LogP contribution in [-0.4, -0.2) is 9.97 Å². The minimum absolute atomic E-state index is 0.310. The van der Waals surface area contributed by atoms with Gasteiger partial charge in [-0.3, -0.25) is 0 Å². The molecule has 2 aromatic heterocycles. The first kappa shape index (κ1) is 13.3. The fourth-order valence-electron chi connectivity index (χ4n) is 2.29. The third kappa shape index (κ3) is 2.76. The molecule has 0 aliphatic heterocycles. The number of hydrogen-bond acceptors (Lipinski definition) is 2. The van der Waals surface area contributed by atoms with E-state index in [-0.39, 0.29) is 0 Å². The van der Waals surface area contributed by atoms with E-state index >= 15 is 0 Å². The third-order valence-electron chi connectivity index (χ3n) is 3.51. The van der Waals surface area contributed by atoms with Crippen molar-refractivity contribution in [1.29, 1.82) is 0 Å². The first-order valence-corrected chi connectivity index (χ1v) is 7.43. The summed E-state index contributed by atoms with van der Waals surface area (Å²) in [5, 5.41) is 4.73. The molecular formula is C16H16BrN3. The first-order chi connectivity index (χ1) is 9.74. The van der Waals surface area contributed by atoms with E-state index in [1.807, 2.05) is 12.3 Å². The van der Waals surface area contributed by atoms with Crippen molar-refractivity contribution in [2.24, 2.45) is 0 Å². The molecule has 4 heteroatoms. The summed E-state index contributed by atoms with van der Waals surface area (Å²) in [5.74, 6) is 0. The maximum absolute atomic E-state index is 4.31. The molecule has 20 heavy (non-hydrogen) atoms. The molecule has 2 N–H and O–H groups in total. The topological polar surface area (TPSA) is 40.7 Å². The van der Waals surface area contributed by atoms with Crippen molar-refractivity contribution < 1.29 is 0 Å². The zero-order valence-corrected chi connectivity index (χ0v) is 12.8. The average molecular weight is 330 g/mol. The number of benzene rings is 1. The van der Waals surface area contributed by atoms with E-state index in [0.29, 0.717) is 6.04 Å². The molecule has 0 saturated heterocycles. The highest BCUT2D eigenvalue weighted by Crippen LogP contribution is 2.19. The molecule has 2 heterocycles. The Kier molecular flexibility index (Phi) is 3.85. The van der Waals surface area contributed by atoms with Crippen LogP contribution in [0.2, 0.25) is 0 Å². The molecule has 0 aliphatic rings. The molecule has 0 bridgehead atoms. The second-order valence-corrected chi connectivity index (χ2v) is 5.78. The number of nitrogens with zero attached hydrogens (tertiary/aromatic N) is 1. The van der Waals surface area contributed by atoms with Crippen molar-refractivity contribution in [3.05, 3.63) is 64.4 Å². The van der Waals surface area contributed by atoms with Crippen molar-refractivity contribution in [1.82, 2.24) is 15.3 Å². The minimum Gasteiger partial charge on any atom is -0.346 e. The van der Waals surface area contributed by atoms with Gasteiger partial charge in [-0.2, -0.15) is 0 Å². The monoisotopic (exact) mass is 329 g/mol. The summed E-state index contributed by atoms with van der Waals surface area (Å²) in [7, 11) is 0. The Hall–Kier alpha value is -1.65. The molecule has 0 saturated carbocycles. The Balaban J connectivity index is 1.71. The lowest BCUT2D eigenvalue weighted by Crippen LogP contribution is -2.17. The van der Waals surface area contributed by atoms with Gasteiger partial charge in [0.15, 0.2) is 0 Å². The van der Waals surface area contributed by atoms with E-state index in [1.54, 1.807) is 6.20 Å². The van der Waals surface area contributed by atoms with Gasteiger partial charge in [0.25, 0.3) is 0 Å². The zero-order valence-electron chi connectivity index (χ0n) is 11.2. The number of hydrogen-bond donors (Lipinski definition) is 2. The summed E-state index contributed by atoms with van der Waals surface area (Å²) in [6, 6.07) is 12.8. The summed E-state index contributed by atoms with van der Waals surface area (Å²) in [5.41, 5.74) is 3.48. The zero-order chi connectivity index (χ0) is 13.9. The molecule has 0 aliphatic carbocycles. The van der Waals surface area contributed by atoms with Crippen LogP contribution in [0.4, 0.5) is 0 Å². The minimum atomic E-state index is 0.310. The molecule has 102 valence electrons. The fraction of sp³-hybridized carbons (Fsp3) is 0.188. The van der Waals surface area contributed by atoms with E-state index in [1.165, 1.54) is 16.5 Å². The molecule has 1 unspecified atom stereocenters. The Labute approximate surface area is 126 Å². The van der Waals surface area contributed by atoms with Crippen molar-refractivity contribution in [2.45, 2.75) is 19.5 Å². The lowest BCUT2D eigenvalue weighted by atomic mass is 10.1. The summed E-state index contributed by atoms with van der Waals surface area (Å²) < 4.78 is 1.11. The molecule has 3 rings (SSSR count). The molecule has 0 amide bonds. The highest BCUT2D eigenvalue weighted by Gasteiger charge is 2.07. The Morgan fingerprint density at radius 3 is 2.85 bits per heavy atom. The summed E-state index contributed by atoms with van der Waals surface area (Å²) in [6.07, 6.45) is 3.83.